The molecule has 0 rings (SSSR count). The van der Waals surface area contributed by atoms with Crippen LogP contribution in [0.1, 0.15) is 26.7 Å². The fourth-order valence-electron chi connectivity index (χ4n) is 1.29. The summed E-state index contributed by atoms with van der Waals surface area (Å²) in [6.07, 6.45) is -6.56. The molecule has 2 N–H and O–H groups in total. The SMILES string of the molecule is CCC(CC)(OP(=O)(O)O)C(F)C(F)F. The zero-order chi connectivity index (χ0) is 12.3. The van der Waals surface area contributed by atoms with Crippen LogP contribution in [0.25, 0.3) is 0 Å². The molecule has 0 saturated heterocycles. The molecule has 0 aromatic heterocycles. The second kappa shape index (κ2) is 5.30. The molecule has 0 aromatic carbocycles. The van der Waals surface area contributed by atoms with Crippen LogP contribution in [-0.4, -0.2) is 28.0 Å². The van der Waals surface area contributed by atoms with E-state index < -0.39 is 26.0 Å². The van der Waals surface area contributed by atoms with Crippen molar-refractivity contribution < 1.29 is 32.0 Å². The standard InChI is InChI=1S/C7H14F3O4P/c1-3-7(4-2,5(8)6(9)10)14-15(11,12)13/h5-6H,3-4H2,1-2H3,(H2,11,12,13). The Labute approximate surface area is 85.7 Å². The molecular weight excluding hydrogens is 236 g/mol. The predicted octanol–water partition coefficient (Wildman–Crippen LogP) is 2.26. The number of phosphoric ester groups is 1. The minimum atomic E-state index is -4.99. The van der Waals surface area contributed by atoms with Crippen molar-refractivity contribution in [3.05, 3.63) is 0 Å². The van der Waals surface area contributed by atoms with Gasteiger partial charge in [-0.1, -0.05) is 13.8 Å². The summed E-state index contributed by atoms with van der Waals surface area (Å²) in [5.74, 6) is 0. The highest BCUT2D eigenvalue weighted by Gasteiger charge is 2.47. The lowest BCUT2D eigenvalue weighted by Crippen LogP contribution is -2.44. The maximum Gasteiger partial charge on any atom is 0.470 e. The third-order valence-corrected chi connectivity index (χ3v) is 2.82. The minimum absolute atomic E-state index is 0.250. The average Bonchev–Trinajstić information content (AvgIpc) is 2.11. The molecule has 8 heteroatoms. The molecule has 92 valence electrons. The quantitative estimate of drug-likeness (QED) is 0.709. The Hall–Kier alpha value is -0.100. The summed E-state index contributed by atoms with van der Waals surface area (Å²) in [7, 11) is -4.99. The molecule has 0 aliphatic rings. The third-order valence-electron chi connectivity index (χ3n) is 2.22. The normalized spacial score (nSPS) is 15.7. The first-order valence-corrected chi connectivity index (χ1v) is 5.90. The van der Waals surface area contributed by atoms with Crippen molar-refractivity contribution in [1.82, 2.24) is 0 Å². The Morgan fingerprint density at radius 2 is 1.67 bits per heavy atom. The van der Waals surface area contributed by atoms with Crippen LogP contribution in [0.3, 0.4) is 0 Å². The monoisotopic (exact) mass is 250 g/mol. The maximum atomic E-state index is 13.2. The largest absolute Gasteiger partial charge is 0.470 e. The van der Waals surface area contributed by atoms with Crippen LogP contribution >= 0.6 is 7.82 Å². The van der Waals surface area contributed by atoms with Gasteiger partial charge in [0.05, 0.1) is 0 Å². The Morgan fingerprint density at radius 3 is 1.87 bits per heavy atom. The number of alkyl halides is 3. The van der Waals surface area contributed by atoms with Gasteiger partial charge in [0.15, 0.2) is 6.17 Å². The highest BCUT2D eigenvalue weighted by atomic mass is 31.2. The summed E-state index contributed by atoms with van der Waals surface area (Å²) >= 11 is 0. The van der Waals surface area contributed by atoms with E-state index in [0.29, 0.717) is 0 Å². The molecule has 15 heavy (non-hydrogen) atoms. The van der Waals surface area contributed by atoms with Crippen molar-refractivity contribution in [3.8, 4) is 0 Å². The Bertz CT molecular complexity index is 238. The van der Waals surface area contributed by atoms with Crippen molar-refractivity contribution in [2.24, 2.45) is 0 Å². The van der Waals surface area contributed by atoms with E-state index in [1.54, 1.807) is 0 Å². The van der Waals surface area contributed by atoms with Crippen LogP contribution in [0.5, 0.6) is 0 Å². The van der Waals surface area contributed by atoms with Crippen LogP contribution in [0.2, 0.25) is 0 Å². The Balaban J connectivity index is 4.96. The van der Waals surface area contributed by atoms with Crippen LogP contribution in [0.4, 0.5) is 13.2 Å². The van der Waals surface area contributed by atoms with Gasteiger partial charge in [0.1, 0.15) is 5.60 Å². The molecule has 0 aromatic rings. The van der Waals surface area contributed by atoms with E-state index >= 15 is 0 Å². The van der Waals surface area contributed by atoms with Gasteiger partial charge in [0.2, 0.25) is 0 Å². The van der Waals surface area contributed by atoms with Gasteiger partial charge in [-0.2, -0.15) is 0 Å². The van der Waals surface area contributed by atoms with E-state index in [1.165, 1.54) is 13.8 Å². The van der Waals surface area contributed by atoms with E-state index in [0.717, 1.165) is 0 Å². The van der Waals surface area contributed by atoms with E-state index in [9.17, 15) is 17.7 Å². The van der Waals surface area contributed by atoms with Gasteiger partial charge in [-0.3, -0.25) is 4.52 Å². The van der Waals surface area contributed by atoms with Gasteiger partial charge in [0.25, 0.3) is 6.43 Å². The number of halogens is 3. The molecule has 0 fully saturated rings. The van der Waals surface area contributed by atoms with Crippen LogP contribution < -0.4 is 0 Å². The third kappa shape index (κ3) is 4.10. The Morgan fingerprint density at radius 1 is 1.27 bits per heavy atom. The molecule has 0 radical (unpaired) electrons. The van der Waals surface area contributed by atoms with Gasteiger partial charge >= 0.3 is 7.82 Å². The number of hydrogen-bond acceptors (Lipinski definition) is 2. The van der Waals surface area contributed by atoms with E-state index in [2.05, 4.69) is 4.52 Å². The van der Waals surface area contributed by atoms with E-state index in [1.807, 2.05) is 0 Å². The summed E-state index contributed by atoms with van der Waals surface area (Å²) in [6, 6.07) is 0. The summed E-state index contributed by atoms with van der Waals surface area (Å²) in [5, 5.41) is 0. The Kier molecular flexibility index (Phi) is 5.26. The minimum Gasteiger partial charge on any atom is -0.303 e. The molecular formula is C7H14F3O4P. The van der Waals surface area contributed by atoms with Gasteiger partial charge in [-0.15, -0.1) is 0 Å². The molecule has 0 aliphatic heterocycles. The smallest absolute Gasteiger partial charge is 0.303 e. The highest BCUT2D eigenvalue weighted by molar-refractivity contribution is 7.46. The molecule has 0 spiro atoms. The lowest BCUT2D eigenvalue weighted by atomic mass is 9.92. The first-order valence-electron chi connectivity index (χ1n) is 4.37. The molecule has 0 aliphatic carbocycles. The number of rotatable bonds is 6. The van der Waals surface area contributed by atoms with Crippen LogP contribution in [-0.2, 0) is 9.09 Å². The summed E-state index contributed by atoms with van der Waals surface area (Å²) in [6.45, 7) is 2.66. The summed E-state index contributed by atoms with van der Waals surface area (Å²) < 4.78 is 52.2. The van der Waals surface area contributed by atoms with Crippen LogP contribution in [0, 0.1) is 0 Å². The lowest BCUT2D eigenvalue weighted by Gasteiger charge is -2.34. The molecule has 0 saturated carbocycles. The zero-order valence-corrected chi connectivity index (χ0v) is 9.26. The number of phosphoric acid groups is 1. The van der Waals surface area contributed by atoms with Gasteiger partial charge in [-0.05, 0) is 12.8 Å². The first-order chi connectivity index (χ1) is 6.68. The molecule has 0 amide bonds. The highest BCUT2D eigenvalue weighted by Crippen LogP contribution is 2.46. The van der Waals surface area contributed by atoms with Crippen molar-refractivity contribution in [1.29, 1.82) is 0 Å². The van der Waals surface area contributed by atoms with E-state index in [-0.39, 0.29) is 12.8 Å². The summed E-state index contributed by atoms with van der Waals surface area (Å²) in [5.41, 5.74) is -2.13. The fraction of sp³-hybridized carbons (Fsp3) is 1.00. The second-order valence-corrected chi connectivity index (χ2v) is 4.25. The predicted molar refractivity (Wildman–Crippen MR) is 47.3 cm³/mol. The van der Waals surface area contributed by atoms with Crippen molar-refractivity contribution in [2.45, 2.75) is 44.9 Å². The fourth-order valence-corrected chi connectivity index (χ4v) is 2.12. The zero-order valence-electron chi connectivity index (χ0n) is 8.36. The van der Waals surface area contributed by atoms with Gasteiger partial charge in [0, 0.05) is 0 Å². The van der Waals surface area contributed by atoms with Crippen molar-refractivity contribution in [3.63, 3.8) is 0 Å². The molecule has 1 atom stereocenters. The van der Waals surface area contributed by atoms with Crippen molar-refractivity contribution in [2.75, 3.05) is 0 Å². The van der Waals surface area contributed by atoms with Crippen LogP contribution in [0.15, 0.2) is 0 Å². The average molecular weight is 250 g/mol. The maximum absolute atomic E-state index is 13.2. The number of hydrogen-bond donors (Lipinski definition) is 2. The molecule has 4 nitrogen and oxygen atoms in total. The van der Waals surface area contributed by atoms with Gasteiger partial charge < -0.3 is 9.79 Å². The first kappa shape index (κ1) is 14.9. The topological polar surface area (TPSA) is 66.8 Å². The molecule has 0 bridgehead atoms. The molecule has 1 unspecified atom stereocenters. The second-order valence-electron chi connectivity index (χ2n) is 3.09. The summed E-state index contributed by atoms with van der Waals surface area (Å²) in [4.78, 5) is 17.0. The van der Waals surface area contributed by atoms with E-state index in [4.69, 9.17) is 9.79 Å². The molecule has 0 heterocycles. The lowest BCUT2D eigenvalue weighted by molar-refractivity contribution is -0.0971. The van der Waals surface area contributed by atoms with Gasteiger partial charge in [-0.25, -0.2) is 17.7 Å². The van der Waals surface area contributed by atoms with Crippen molar-refractivity contribution >= 4 is 7.82 Å².